The van der Waals surface area contributed by atoms with E-state index in [-0.39, 0.29) is 19.4 Å². The number of aliphatic carboxylic acids is 1. The molecule has 0 radical (unpaired) electrons. The van der Waals surface area contributed by atoms with Crippen LogP contribution in [-0.4, -0.2) is 65.0 Å². The number of hydrogen-bond donors (Lipinski definition) is 3. The first-order valence-corrected chi connectivity index (χ1v) is 15.5. The van der Waals surface area contributed by atoms with Crippen molar-refractivity contribution in [1.82, 2.24) is 0 Å². The van der Waals surface area contributed by atoms with Gasteiger partial charge in [0, 0.05) is 12.8 Å². The first-order chi connectivity index (χ1) is 18.1. The molecule has 224 valence electrons. The van der Waals surface area contributed by atoms with Gasteiger partial charge in [-0.05, 0) is 12.8 Å². The Labute approximate surface area is 227 Å². The molecule has 12 heteroatoms. The van der Waals surface area contributed by atoms with Gasteiger partial charge in [-0.25, -0.2) is 9.36 Å². The van der Waals surface area contributed by atoms with Gasteiger partial charge in [-0.1, -0.05) is 90.9 Å². The molecule has 0 aromatic rings. The van der Waals surface area contributed by atoms with Gasteiger partial charge in [0.05, 0.1) is 13.2 Å². The highest BCUT2D eigenvalue weighted by atomic mass is 31.2. The largest absolute Gasteiger partial charge is 0.479 e. The van der Waals surface area contributed by atoms with Crippen molar-refractivity contribution in [1.29, 1.82) is 0 Å². The lowest BCUT2D eigenvalue weighted by Gasteiger charge is -2.21. The third-order valence-electron chi connectivity index (χ3n) is 5.82. The number of carbonyl (C=O) groups excluding carboxylic acids is 2. The lowest BCUT2D eigenvalue weighted by molar-refractivity contribution is -0.161. The molecule has 0 aliphatic carbocycles. The number of rotatable bonds is 26. The maximum atomic E-state index is 12.3. The molecule has 38 heavy (non-hydrogen) atoms. The Hall–Kier alpha value is -1.52. The van der Waals surface area contributed by atoms with Crippen LogP contribution in [0.5, 0.6) is 0 Å². The Morgan fingerprint density at radius 2 is 1.21 bits per heavy atom. The molecule has 3 atom stereocenters. The zero-order chi connectivity index (χ0) is 28.7. The molecular formula is C26H49O11P. The predicted octanol–water partition coefficient (Wildman–Crippen LogP) is 5.30. The summed E-state index contributed by atoms with van der Waals surface area (Å²) in [6.07, 6.45) is 11.6. The van der Waals surface area contributed by atoms with Crippen molar-refractivity contribution in [2.45, 2.75) is 129 Å². The minimum absolute atomic E-state index is 0.134. The van der Waals surface area contributed by atoms with Gasteiger partial charge in [-0.15, -0.1) is 0 Å². The molecule has 11 nitrogen and oxygen atoms in total. The molecule has 0 aliphatic rings. The number of esters is 2. The highest BCUT2D eigenvalue weighted by Crippen LogP contribution is 2.44. The van der Waals surface area contributed by atoms with E-state index in [1.165, 1.54) is 25.7 Å². The van der Waals surface area contributed by atoms with Crippen molar-refractivity contribution >= 4 is 25.7 Å². The van der Waals surface area contributed by atoms with E-state index in [1.807, 2.05) is 0 Å². The number of aliphatic hydroxyl groups excluding tert-OH is 1. The van der Waals surface area contributed by atoms with Crippen LogP contribution in [0.1, 0.15) is 117 Å². The Morgan fingerprint density at radius 1 is 0.737 bits per heavy atom. The Balaban J connectivity index is 4.68. The van der Waals surface area contributed by atoms with E-state index < -0.39 is 51.2 Å². The minimum atomic E-state index is -4.91. The molecule has 0 rings (SSSR count). The zero-order valence-electron chi connectivity index (χ0n) is 23.1. The average Bonchev–Trinajstić information content (AvgIpc) is 2.87. The maximum absolute atomic E-state index is 12.3. The third kappa shape index (κ3) is 21.4. The number of hydrogen-bond acceptors (Lipinski definition) is 9. The van der Waals surface area contributed by atoms with Gasteiger partial charge in [0.15, 0.2) is 12.2 Å². The molecule has 0 aromatic carbocycles. The summed E-state index contributed by atoms with van der Waals surface area (Å²) < 4.78 is 31.8. The molecule has 0 aromatic heterocycles. The first kappa shape index (κ1) is 36.5. The van der Waals surface area contributed by atoms with Crippen LogP contribution >= 0.6 is 7.82 Å². The second-order valence-corrected chi connectivity index (χ2v) is 10.8. The molecule has 0 heterocycles. The van der Waals surface area contributed by atoms with Crippen LogP contribution in [0.15, 0.2) is 0 Å². The van der Waals surface area contributed by atoms with E-state index in [9.17, 15) is 23.8 Å². The lowest BCUT2D eigenvalue weighted by Crippen LogP contribution is -2.31. The standard InChI is InChI=1S/C26H49O11P/c1-3-5-7-9-11-13-15-17-24(28)34-20-22(21-35-38(32,33)37-23(19-27)26(30)31)36-25(29)18-16-14-12-10-8-6-4-2/h22-23,27H,3-21H2,1-2H3,(H,30,31)(H,32,33). The van der Waals surface area contributed by atoms with Crippen molar-refractivity contribution in [2.24, 2.45) is 0 Å². The third-order valence-corrected chi connectivity index (χ3v) is 6.82. The molecule has 0 fully saturated rings. The van der Waals surface area contributed by atoms with Crippen LogP contribution in [0.3, 0.4) is 0 Å². The van der Waals surface area contributed by atoms with Gasteiger partial charge in [-0.2, -0.15) is 0 Å². The van der Waals surface area contributed by atoms with E-state index in [1.54, 1.807) is 0 Å². The SMILES string of the molecule is CCCCCCCCCC(=O)OCC(COP(=O)(O)OC(CO)C(=O)O)OC(=O)CCCCCCCCC. The highest BCUT2D eigenvalue weighted by molar-refractivity contribution is 7.47. The van der Waals surface area contributed by atoms with Crippen LogP contribution < -0.4 is 0 Å². The van der Waals surface area contributed by atoms with Crippen molar-refractivity contribution < 1.29 is 52.6 Å². The minimum Gasteiger partial charge on any atom is -0.479 e. The molecule has 0 bridgehead atoms. The summed E-state index contributed by atoms with van der Waals surface area (Å²) >= 11 is 0. The molecule has 3 unspecified atom stereocenters. The number of carbonyl (C=O) groups is 3. The second kappa shape index (κ2) is 23.4. The van der Waals surface area contributed by atoms with Crippen LogP contribution in [0.2, 0.25) is 0 Å². The summed E-state index contributed by atoms with van der Waals surface area (Å²) in [5.41, 5.74) is 0. The Kier molecular flexibility index (Phi) is 22.4. The molecule has 3 N–H and O–H groups in total. The van der Waals surface area contributed by atoms with Gasteiger partial charge in [0.25, 0.3) is 0 Å². The molecule has 0 aliphatic heterocycles. The van der Waals surface area contributed by atoms with E-state index in [4.69, 9.17) is 24.2 Å². The van der Waals surface area contributed by atoms with Crippen molar-refractivity contribution in [3.05, 3.63) is 0 Å². The monoisotopic (exact) mass is 568 g/mol. The summed E-state index contributed by atoms with van der Waals surface area (Å²) in [5, 5.41) is 17.9. The van der Waals surface area contributed by atoms with Crippen molar-refractivity contribution in [3.8, 4) is 0 Å². The van der Waals surface area contributed by atoms with Gasteiger partial charge < -0.3 is 24.6 Å². The Bertz CT molecular complexity index is 686. The number of carboxylic acid groups (broad SMARTS) is 1. The Morgan fingerprint density at radius 3 is 1.68 bits per heavy atom. The van der Waals surface area contributed by atoms with Crippen molar-refractivity contribution in [2.75, 3.05) is 19.8 Å². The van der Waals surface area contributed by atoms with Crippen LogP contribution in [0, 0.1) is 0 Å². The number of carboxylic acids is 1. The summed E-state index contributed by atoms with van der Waals surface area (Å²) in [6, 6.07) is 0. The summed E-state index contributed by atoms with van der Waals surface area (Å²) in [7, 11) is -4.91. The van der Waals surface area contributed by atoms with E-state index in [0.29, 0.717) is 12.8 Å². The molecule has 0 saturated carbocycles. The van der Waals surface area contributed by atoms with Gasteiger partial charge >= 0.3 is 25.7 Å². The van der Waals surface area contributed by atoms with E-state index in [2.05, 4.69) is 18.4 Å². The van der Waals surface area contributed by atoms with Gasteiger partial charge in [-0.3, -0.25) is 18.6 Å². The smallest absolute Gasteiger partial charge is 0.473 e. The zero-order valence-corrected chi connectivity index (χ0v) is 24.0. The fraction of sp³-hybridized carbons (Fsp3) is 0.885. The maximum Gasteiger partial charge on any atom is 0.473 e. The highest BCUT2D eigenvalue weighted by Gasteiger charge is 2.32. The van der Waals surface area contributed by atoms with Gasteiger partial charge in [0.1, 0.15) is 6.61 Å². The normalized spacial score (nSPS) is 14.4. The van der Waals surface area contributed by atoms with Gasteiger partial charge in [0.2, 0.25) is 0 Å². The average molecular weight is 569 g/mol. The van der Waals surface area contributed by atoms with Crippen molar-refractivity contribution in [3.63, 3.8) is 0 Å². The topological polar surface area (TPSA) is 166 Å². The first-order valence-electron chi connectivity index (χ1n) is 14.0. The number of ether oxygens (including phenoxy) is 2. The molecule has 0 saturated heterocycles. The number of phosphoric ester groups is 1. The molecule has 0 amide bonds. The fourth-order valence-corrected chi connectivity index (χ4v) is 4.49. The molecule has 0 spiro atoms. The number of unbranched alkanes of at least 4 members (excludes halogenated alkanes) is 12. The van der Waals surface area contributed by atoms with Crippen LogP contribution in [0.4, 0.5) is 0 Å². The summed E-state index contributed by atoms with van der Waals surface area (Å²) in [4.78, 5) is 45.2. The molecular weight excluding hydrogens is 519 g/mol. The lowest BCUT2D eigenvalue weighted by atomic mass is 10.1. The number of aliphatic hydroxyl groups is 1. The van der Waals surface area contributed by atoms with E-state index in [0.717, 1.165) is 51.4 Å². The quantitative estimate of drug-likeness (QED) is 0.0704. The van der Waals surface area contributed by atoms with E-state index >= 15 is 0 Å². The van der Waals surface area contributed by atoms with Crippen LogP contribution in [0.25, 0.3) is 0 Å². The summed E-state index contributed by atoms with van der Waals surface area (Å²) in [5.74, 6) is -2.70. The second-order valence-electron chi connectivity index (χ2n) is 9.42. The number of phosphoric acid groups is 1. The summed E-state index contributed by atoms with van der Waals surface area (Å²) in [6.45, 7) is 2.19. The predicted molar refractivity (Wildman–Crippen MR) is 141 cm³/mol. The fourth-order valence-electron chi connectivity index (χ4n) is 3.60. The van der Waals surface area contributed by atoms with Crippen LogP contribution in [-0.2, 0) is 37.5 Å².